The second-order valence-electron chi connectivity index (χ2n) is 6.60. The molecule has 0 atom stereocenters. The number of hydrogen-bond donors (Lipinski definition) is 2. The van der Waals surface area contributed by atoms with Gasteiger partial charge in [0.1, 0.15) is 17.5 Å². The van der Waals surface area contributed by atoms with E-state index in [4.69, 9.17) is 0 Å². The third-order valence-electron chi connectivity index (χ3n) is 4.31. The van der Waals surface area contributed by atoms with Crippen molar-refractivity contribution in [2.24, 2.45) is 5.41 Å². The molecule has 0 aliphatic heterocycles. The summed E-state index contributed by atoms with van der Waals surface area (Å²) >= 11 is 0. The van der Waals surface area contributed by atoms with Crippen molar-refractivity contribution < 1.29 is 0 Å². The van der Waals surface area contributed by atoms with Crippen LogP contribution in [0.5, 0.6) is 0 Å². The minimum absolute atomic E-state index is 0.437. The lowest BCUT2D eigenvalue weighted by Crippen LogP contribution is -2.23. The summed E-state index contributed by atoms with van der Waals surface area (Å²) in [7, 11) is 0. The first-order valence-corrected chi connectivity index (χ1v) is 8.51. The highest BCUT2D eigenvalue weighted by Gasteiger charge is 2.28. The van der Waals surface area contributed by atoms with Gasteiger partial charge in [-0.15, -0.1) is 0 Å². The Kier molecular flexibility index (Phi) is 5.83. The van der Waals surface area contributed by atoms with Crippen molar-refractivity contribution in [3.05, 3.63) is 11.9 Å². The Labute approximate surface area is 129 Å². The van der Waals surface area contributed by atoms with Crippen molar-refractivity contribution in [3.63, 3.8) is 0 Å². The van der Waals surface area contributed by atoms with Crippen molar-refractivity contribution in [1.82, 2.24) is 9.97 Å². The maximum atomic E-state index is 4.66. The van der Waals surface area contributed by atoms with Gasteiger partial charge >= 0.3 is 0 Å². The molecule has 1 aromatic rings. The summed E-state index contributed by atoms with van der Waals surface area (Å²) in [6.07, 6.45) is 8.51. The normalized spacial score (nSPS) is 16.9. The third-order valence-corrected chi connectivity index (χ3v) is 4.31. The highest BCUT2D eigenvalue weighted by Crippen LogP contribution is 2.37. The molecule has 4 heteroatoms. The van der Waals surface area contributed by atoms with Crippen LogP contribution >= 0.6 is 0 Å². The van der Waals surface area contributed by atoms with Gasteiger partial charge in [-0.1, -0.05) is 33.6 Å². The molecule has 0 unspecified atom stereocenters. The molecule has 0 amide bonds. The minimum Gasteiger partial charge on any atom is -0.370 e. The van der Waals surface area contributed by atoms with Crippen molar-refractivity contribution in [3.8, 4) is 0 Å². The average Bonchev–Trinajstić information content (AvgIpc) is 2.91. The quantitative estimate of drug-likeness (QED) is 0.751. The SMILES string of the molecule is CCCNc1cc(NCC2(C)CCCC2)nc(CCC)n1. The van der Waals surface area contributed by atoms with Gasteiger partial charge in [-0.3, -0.25) is 0 Å². The predicted molar refractivity (Wildman–Crippen MR) is 89.9 cm³/mol. The topological polar surface area (TPSA) is 49.8 Å². The number of hydrogen-bond acceptors (Lipinski definition) is 4. The van der Waals surface area contributed by atoms with E-state index in [0.717, 1.165) is 49.8 Å². The molecule has 1 saturated carbocycles. The molecule has 21 heavy (non-hydrogen) atoms. The highest BCUT2D eigenvalue weighted by atomic mass is 15.1. The summed E-state index contributed by atoms with van der Waals surface area (Å²) in [5, 5.41) is 6.93. The zero-order valence-corrected chi connectivity index (χ0v) is 13.8. The van der Waals surface area contributed by atoms with Crippen LogP contribution in [0.4, 0.5) is 11.6 Å². The average molecular weight is 290 g/mol. The van der Waals surface area contributed by atoms with Gasteiger partial charge in [0, 0.05) is 25.6 Å². The fourth-order valence-electron chi connectivity index (χ4n) is 2.98. The van der Waals surface area contributed by atoms with Crippen molar-refractivity contribution in [1.29, 1.82) is 0 Å². The van der Waals surface area contributed by atoms with Gasteiger partial charge in [-0.25, -0.2) is 9.97 Å². The summed E-state index contributed by atoms with van der Waals surface area (Å²) in [6, 6.07) is 2.05. The van der Waals surface area contributed by atoms with E-state index in [1.807, 2.05) is 6.07 Å². The number of aryl methyl sites for hydroxylation is 1. The Bertz CT molecular complexity index is 438. The standard InChI is InChI=1S/C17H30N4/c1-4-8-14-20-15(18-11-5-2)12-16(21-14)19-13-17(3)9-6-7-10-17/h12H,4-11,13H2,1-3H3,(H2,18,19,20,21). The second kappa shape index (κ2) is 7.62. The number of rotatable bonds is 8. The van der Waals surface area contributed by atoms with E-state index in [-0.39, 0.29) is 0 Å². The predicted octanol–water partition coefficient (Wildman–Crippen LogP) is 4.24. The van der Waals surface area contributed by atoms with Gasteiger partial charge in [0.15, 0.2) is 0 Å². The summed E-state index contributed by atoms with van der Waals surface area (Å²) < 4.78 is 0. The lowest BCUT2D eigenvalue weighted by Gasteiger charge is -2.24. The number of nitrogens with zero attached hydrogens (tertiary/aromatic N) is 2. The van der Waals surface area contributed by atoms with E-state index in [2.05, 4.69) is 41.4 Å². The Morgan fingerprint density at radius 3 is 2.33 bits per heavy atom. The summed E-state index contributed by atoms with van der Waals surface area (Å²) in [5.74, 6) is 2.87. The Morgan fingerprint density at radius 1 is 1.05 bits per heavy atom. The molecule has 0 bridgehead atoms. The molecular formula is C17H30N4. The molecule has 1 heterocycles. The molecule has 118 valence electrons. The van der Waals surface area contributed by atoms with E-state index < -0.39 is 0 Å². The fourth-order valence-corrected chi connectivity index (χ4v) is 2.98. The van der Waals surface area contributed by atoms with Crippen molar-refractivity contribution in [2.75, 3.05) is 23.7 Å². The molecule has 1 aliphatic carbocycles. The van der Waals surface area contributed by atoms with E-state index in [0.29, 0.717) is 5.41 Å². The molecule has 0 saturated heterocycles. The van der Waals surface area contributed by atoms with Crippen molar-refractivity contribution >= 4 is 11.6 Å². The third kappa shape index (κ3) is 4.87. The largest absolute Gasteiger partial charge is 0.370 e. The van der Waals surface area contributed by atoms with Crippen LogP contribution in [-0.2, 0) is 6.42 Å². The van der Waals surface area contributed by atoms with Gasteiger partial charge in [0.25, 0.3) is 0 Å². The molecule has 2 rings (SSSR count). The molecule has 4 nitrogen and oxygen atoms in total. The second-order valence-corrected chi connectivity index (χ2v) is 6.60. The first-order chi connectivity index (χ1) is 10.1. The van der Waals surface area contributed by atoms with Crippen LogP contribution in [0.15, 0.2) is 6.07 Å². The summed E-state index contributed by atoms with van der Waals surface area (Å²) in [4.78, 5) is 9.26. The van der Waals surface area contributed by atoms with E-state index in [1.165, 1.54) is 25.7 Å². The van der Waals surface area contributed by atoms with Crippen LogP contribution in [0.25, 0.3) is 0 Å². The van der Waals surface area contributed by atoms with Gasteiger partial charge in [-0.2, -0.15) is 0 Å². The molecule has 0 aromatic carbocycles. The molecule has 1 fully saturated rings. The van der Waals surface area contributed by atoms with Gasteiger partial charge in [-0.05, 0) is 31.1 Å². The molecule has 0 spiro atoms. The smallest absolute Gasteiger partial charge is 0.133 e. The van der Waals surface area contributed by atoms with Crippen LogP contribution in [-0.4, -0.2) is 23.1 Å². The van der Waals surface area contributed by atoms with Crippen LogP contribution in [0.2, 0.25) is 0 Å². The lowest BCUT2D eigenvalue weighted by molar-refractivity contribution is 0.361. The Morgan fingerprint density at radius 2 is 1.71 bits per heavy atom. The molecule has 0 radical (unpaired) electrons. The highest BCUT2D eigenvalue weighted by molar-refractivity contribution is 5.47. The van der Waals surface area contributed by atoms with Crippen LogP contribution in [0.3, 0.4) is 0 Å². The molecular weight excluding hydrogens is 260 g/mol. The zero-order chi connectivity index (χ0) is 15.1. The molecule has 1 aliphatic rings. The van der Waals surface area contributed by atoms with E-state index in [1.54, 1.807) is 0 Å². The Hall–Kier alpha value is -1.32. The number of aromatic nitrogens is 2. The first kappa shape index (κ1) is 16.1. The molecule has 1 aromatic heterocycles. The summed E-state index contributed by atoms with van der Waals surface area (Å²) in [6.45, 7) is 8.70. The number of nitrogens with one attached hydrogen (secondary N) is 2. The maximum absolute atomic E-state index is 4.66. The first-order valence-electron chi connectivity index (χ1n) is 8.51. The van der Waals surface area contributed by atoms with Gasteiger partial charge in [0.2, 0.25) is 0 Å². The van der Waals surface area contributed by atoms with Crippen LogP contribution in [0.1, 0.15) is 65.1 Å². The fraction of sp³-hybridized carbons (Fsp3) is 0.765. The minimum atomic E-state index is 0.437. The van der Waals surface area contributed by atoms with Gasteiger partial charge in [0.05, 0.1) is 0 Å². The van der Waals surface area contributed by atoms with E-state index in [9.17, 15) is 0 Å². The summed E-state index contributed by atoms with van der Waals surface area (Å²) in [5.41, 5.74) is 0.437. The maximum Gasteiger partial charge on any atom is 0.133 e. The monoisotopic (exact) mass is 290 g/mol. The molecule has 2 N–H and O–H groups in total. The van der Waals surface area contributed by atoms with Crippen molar-refractivity contribution in [2.45, 2.75) is 65.7 Å². The number of anilines is 2. The van der Waals surface area contributed by atoms with Crippen LogP contribution < -0.4 is 10.6 Å². The zero-order valence-electron chi connectivity index (χ0n) is 13.8. The van der Waals surface area contributed by atoms with E-state index >= 15 is 0 Å². The Balaban J connectivity index is 2.03. The van der Waals surface area contributed by atoms with Crippen LogP contribution in [0, 0.1) is 5.41 Å². The van der Waals surface area contributed by atoms with Gasteiger partial charge < -0.3 is 10.6 Å². The lowest BCUT2D eigenvalue weighted by atomic mass is 9.89.